The zero-order valence-corrected chi connectivity index (χ0v) is 42.8. The SMILES string of the molecule is CCC/C=C\C/C=C\CCCCCCCC(=O)OCCCCCCCCCC/C=C\CCCCCCCCCC(=O)NC(CO)C(O)CCCCCCCCCCCCCCCCC. The van der Waals surface area contributed by atoms with Crippen molar-refractivity contribution in [2.45, 2.75) is 309 Å². The van der Waals surface area contributed by atoms with Gasteiger partial charge in [-0.1, -0.05) is 243 Å². The van der Waals surface area contributed by atoms with Gasteiger partial charge < -0.3 is 20.3 Å². The molecule has 376 valence electrons. The summed E-state index contributed by atoms with van der Waals surface area (Å²) < 4.78 is 5.45. The highest BCUT2D eigenvalue weighted by molar-refractivity contribution is 5.76. The molecule has 0 radical (unpaired) electrons. The third-order valence-corrected chi connectivity index (χ3v) is 12.9. The Morgan fingerprint density at radius 3 is 1.27 bits per heavy atom. The van der Waals surface area contributed by atoms with E-state index in [0.29, 0.717) is 25.9 Å². The van der Waals surface area contributed by atoms with Crippen molar-refractivity contribution in [1.82, 2.24) is 5.32 Å². The molecule has 6 heteroatoms. The van der Waals surface area contributed by atoms with Crippen LogP contribution in [0.2, 0.25) is 0 Å². The lowest BCUT2D eigenvalue weighted by Crippen LogP contribution is -2.45. The van der Waals surface area contributed by atoms with Crippen LogP contribution < -0.4 is 5.32 Å². The van der Waals surface area contributed by atoms with Gasteiger partial charge in [-0.15, -0.1) is 0 Å². The van der Waals surface area contributed by atoms with Crippen molar-refractivity contribution in [2.24, 2.45) is 0 Å². The number of unbranched alkanes of at least 4 members (excludes halogenated alkanes) is 35. The van der Waals surface area contributed by atoms with Crippen molar-refractivity contribution in [2.75, 3.05) is 13.2 Å². The molecule has 3 N–H and O–H groups in total. The molecule has 64 heavy (non-hydrogen) atoms. The molecule has 0 aliphatic rings. The fraction of sp³-hybridized carbons (Fsp3) is 0.862. The molecule has 0 fully saturated rings. The Kier molecular flexibility index (Phi) is 52.1. The summed E-state index contributed by atoms with van der Waals surface area (Å²) in [5, 5.41) is 23.3. The van der Waals surface area contributed by atoms with Gasteiger partial charge >= 0.3 is 5.97 Å². The third-order valence-electron chi connectivity index (χ3n) is 12.9. The van der Waals surface area contributed by atoms with Gasteiger partial charge in [-0.2, -0.15) is 0 Å². The standard InChI is InChI=1S/C58H109NO5/c1-3-5-7-9-11-13-15-17-23-27-30-34-38-42-46-50-56(61)55(54-60)59-57(62)51-47-43-39-35-31-28-24-21-19-18-20-22-25-29-33-37-41-45-49-53-64-58(63)52-48-44-40-36-32-26-16-14-12-10-8-6-4-2/h8,10,14,16,18-19,55-56,60-61H,3-7,9,11-13,15,17,20-54H2,1-2H3,(H,59,62)/b10-8-,16-14-,19-18-. The smallest absolute Gasteiger partial charge is 0.305 e. The lowest BCUT2D eigenvalue weighted by molar-refractivity contribution is -0.143. The Morgan fingerprint density at radius 2 is 0.812 bits per heavy atom. The number of amides is 1. The maximum absolute atomic E-state index is 12.5. The lowest BCUT2D eigenvalue weighted by Gasteiger charge is -2.22. The van der Waals surface area contributed by atoms with E-state index in [9.17, 15) is 19.8 Å². The highest BCUT2D eigenvalue weighted by atomic mass is 16.5. The van der Waals surface area contributed by atoms with Crippen LogP contribution in [0.5, 0.6) is 0 Å². The number of rotatable bonds is 52. The predicted molar refractivity (Wildman–Crippen MR) is 278 cm³/mol. The predicted octanol–water partition coefficient (Wildman–Crippen LogP) is 17.2. The first kappa shape index (κ1) is 62.1. The molecule has 0 spiro atoms. The molecule has 2 atom stereocenters. The molecule has 0 saturated heterocycles. The summed E-state index contributed by atoms with van der Waals surface area (Å²) in [6.45, 7) is 4.87. The second-order valence-electron chi connectivity index (χ2n) is 19.3. The monoisotopic (exact) mass is 900 g/mol. The lowest BCUT2D eigenvalue weighted by atomic mass is 10.0. The van der Waals surface area contributed by atoms with Crippen molar-refractivity contribution < 1.29 is 24.5 Å². The van der Waals surface area contributed by atoms with Crippen LogP contribution in [0, 0.1) is 0 Å². The van der Waals surface area contributed by atoms with Crippen molar-refractivity contribution >= 4 is 11.9 Å². The molecular weight excluding hydrogens is 791 g/mol. The number of allylic oxidation sites excluding steroid dienone is 6. The second-order valence-corrected chi connectivity index (χ2v) is 19.3. The van der Waals surface area contributed by atoms with Crippen LogP contribution in [0.15, 0.2) is 36.5 Å². The molecule has 1 amide bonds. The number of hydrogen-bond acceptors (Lipinski definition) is 5. The van der Waals surface area contributed by atoms with E-state index in [1.807, 2.05) is 0 Å². The first-order valence-corrected chi connectivity index (χ1v) is 28.2. The Balaban J connectivity index is 3.45. The second kappa shape index (κ2) is 53.7. The van der Waals surface area contributed by atoms with E-state index < -0.39 is 12.1 Å². The van der Waals surface area contributed by atoms with Crippen molar-refractivity contribution in [1.29, 1.82) is 0 Å². The van der Waals surface area contributed by atoms with Gasteiger partial charge in [-0.3, -0.25) is 9.59 Å². The highest BCUT2D eigenvalue weighted by Gasteiger charge is 2.20. The van der Waals surface area contributed by atoms with Crippen molar-refractivity contribution in [3.05, 3.63) is 36.5 Å². The Bertz CT molecular complexity index is 1040. The third kappa shape index (κ3) is 49.5. The first-order valence-electron chi connectivity index (χ1n) is 28.2. The quantitative estimate of drug-likeness (QED) is 0.0321. The molecular formula is C58H109NO5. The average molecular weight is 901 g/mol. The minimum absolute atomic E-state index is 0.0116. The molecule has 0 rings (SSSR count). The molecule has 0 aliphatic carbocycles. The summed E-state index contributed by atoms with van der Waals surface area (Å²) in [5.74, 6) is -0.0560. The van der Waals surface area contributed by atoms with Crippen LogP contribution in [-0.2, 0) is 14.3 Å². The molecule has 0 heterocycles. The number of hydrogen-bond donors (Lipinski definition) is 3. The molecule has 0 saturated carbocycles. The van der Waals surface area contributed by atoms with E-state index in [4.69, 9.17) is 4.74 Å². The van der Waals surface area contributed by atoms with Gasteiger partial charge in [0.25, 0.3) is 0 Å². The van der Waals surface area contributed by atoms with Crippen LogP contribution in [-0.4, -0.2) is 47.4 Å². The maximum Gasteiger partial charge on any atom is 0.305 e. The zero-order chi connectivity index (χ0) is 46.5. The van der Waals surface area contributed by atoms with E-state index in [1.165, 1.54) is 205 Å². The normalized spacial score (nSPS) is 12.9. The summed E-state index contributed by atoms with van der Waals surface area (Å²) in [7, 11) is 0. The maximum atomic E-state index is 12.5. The minimum atomic E-state index is -0.671. The van der Waals surface area contributed by atoms with Gasteiger partial charge in [0.05, 0.1) is 25.4 Å². The van der Waals surface area contributed by atoms with Crippen LogP contribution in [0.3, 0.4) is 0 Å². The Hall–Kier alpha value is -1.92. The van der Waals surface area contributed by atoms with Gasteiger partial charge in [0.2, 0.25) is 5.91 Å². The van der Waals surface area contributed by atoms with Crippen molar-refractivity contribution in [3.63, 3.8) is 0 Å². The largest absolute Gasteiger partial charge is 0.466 e. The summed E-state index contributed by atoms with van der Waals surface area (Å²) in [4.78, 5) is 24.5. The van der Waals surface area contributed by atoms with E-state index in [-0.39, 0.29) is 18.5 Å². The van der Waals surface area contributed by atoms with Gasteiger partial charge in [0.1, 0.15) is 0 Å². The van der Waals surface area contributed by atoms with Gasteiger partial charge in [-0.05, 0) is 77.0 Å². The average Bonchev–Trinajstić information content (AvgIpc) is 3.29. The summed E-state index contributed by atoms with van der Waals surface area (Å²) >= 11 is 0. The van der Waals surface area contributed by atoms with Gasteiger partial charge in [-0.25, -0.2) is 0 Å². The molecule has 0 aromatic carbocycles. The number of carbonyl (C=O) groups is 2. The minimum Gasteiger partial charge on any atom is -0.466 e. The molecule has 6 nitrogen and oxygen atoms in total. The number of ether oxygens (including phenoxy) is 1. The fourth-order valence-electron chi connectivity index (χ4n) is 8.55. The first-order chi connectivity index (χ1) is 31.5. The topological polar surface area (TPSA) is 95.9 Å². The summed E-state index contributed by atoms with van der Waals surface area (Å²) in [5.41, 5.74) is 0. The molecule has 0 bridgehead atoms. The van der Waals surface area contributed by atoms with E-state index in [2.05, 4.69) is 55.6 Å². The van der Waals surface area contributed by atoms with E-state index in [0.717, 1.165) is 57.8 Å². The van der Waals surface area contributed by atoms with Gasteiger partial charge in [0.15, 0.2) is 0 Å². The van der Waals surface area contributed by atoms with Crippen molar-refractivity contribution in [3.8, 4) is 0 Å². The van der Waals surface area contributed by atoms with Crippen LogP contribution in [0.25, 0.3) is 0 Å². The molecule has 0 aliphatic heterocycles. The van der Waals surface area contributed by atoms with Crippen LogP contribution >= 0.6 is 0 Å². The fourth-order valence-corrected chi connectivity index (χ4v) is 8.55. The van der Waals surface area contributed by atoms with Crippen LogP contribution in [0.4, 0.5) is 0 Å². The van der Waals surface area contributed by atoms with E-state index >= 15 is 0 Å². The molecule has 0 aromatic heterocycles. The number of aliphatic hydroxyl groups is 2. The summed E-state index contributed by atoms with van der Waals surface area (Å²) in [6.07, 6.45) is 65.5. The van der Waals surface area contributed by atoms with Gasteiger partial charge in [0, 0.05) is 12.8 Å². The molecule has 0 aromatic rings. The number of esters is 1. The van der Waals surface area contributed by atoms with E-state index in [1.54, 1.807) is 0 Å². The Morgan fingerprint density at radius 1 is 0.438 bits per heavy atom. The number of aliphatic hydroxyl groups excluding tert-OH is 2. The zero-order valence-electron chi connectivity index (χ0n) is 42.8. The Labute approximate surface area is 398 Å². The highest BCUT2D eigenvalue weighted by Crippen LogP contribution is 2.16. The number of nitrogens with one attached hydrogen (secondary N) is 1. The summed E-state index contributed by atoms with van der Waals surface area (Å²) in [6, 6.07) is -0.549. The number of carbonyl (C=O) groups excluding carboxylic acids is 2. The molecule has 2 unspecified atom stereocenters. The van der Waals surface area contributed by atoms with Crippen LogP contribution in [0.1, 0.15) is 296 Å².